The Morgan fingerprint density at radius 2 is 1.97 bits per heavy atom. The minimum absolute atomic E-state index is 0.0658. The highest BCUT2D eigenvalue weighted by molar-refractivity contribution is 6.00. The number of hydrogen-bond acceptors (Lipinski definition) is 7. The van der Waals surface area contributed by atoms with E-state index in [9.17, 15) is 14.4 Å². The van der Waals surface area contributed by atoms with Gasteiger partial charge in [0.1, 0.15) is 12.2 Å². The molecule has 7 nitrogen and oxygen atoms in total. The zero-order chi connectivity index (χ0) is 24.2. The molecule has 2 saturated heterocycles. The highest BCUT2D eigenvalue weighted by Gasteiger charge is 2.77. The maximum atomic E-state index is 13.7. The van der Waals surface area contributed by atoms with Crippen molar-refractivity contribution in [3.8, 4) is 0 Å². The van der Waals surface area contributed by atoms with Crippen LogP contribution in [-0.2, 0) is 28.6 Å². The highest BCUT2D eigenvalue weighted by Crippen LogP contribution is 2.72. The molecule has 9 atom stereocenters. The number of hydrogen-bond donors (Lipinski definition) is 0. The maximum absolute atomic E-state index is 13.7. The molecule has 0 spiro atoms. The number of methoxy groups -OCH3 is 1. The lowest BCUT2D eigenvalue weighted by atomic mass is 9.42. The summed E-state index contributed by atoms with van der Waals surface area (Å²) in [7, 11) is 1.37. The fourth-order valence-corrected chi connectivity index (χ4v) is 8.41. The van der Waals surface area contributed by atoms with E-state index < -0.39 is 40.3 Å². The first-order valence-electron chi connectivity index (χ1n) is 12.0. The average Bonchev–Trinajstić information content (AvgIpc) is 3.54. The summed E-state index contributed by atoms with van der Waals surface area (Å²) in [4.78, 5) is 39.6. The number of carbonyl (C=O) groups excluding carboxylic acids is 3. The molecular formula is C27H30O7. The van der Waals surface area contributed by atoms with Gasteiger partial charge in [-0.15, -0.1) is 0 Å². The molecule has 6 rings (SSSR count). The molecule has 0 amide bonds. The standard InChI is InChI=1S/C27H30O7/c1-13-15(14-7-9-32-12-14)10-16-20(13)27(4)17(11-19(29)31-5)26(3)18(28)6-8-25(2)22(26)21(23(27)33-16)34-24(25)30/h6-9,12,15-17,21-23H,10-11H2,1-5H3/t15-,16+,17-,21-,22-,23-,25-,26+,27-/m1/s1. The second-order valence-corrected chi connectivity index (χ2v) is 11.2. The van der Waals surface area contributed by atoms with Crippen LogP contribution in [0.25, 0.3) is 0 Å². The van der Waals surface area contributed by atoms with Crippen LogP contribution in [0.5, 0.6) is 0 Å². The molecule has 1 saturated carbocycles. The second-order valence-electron chi connectivity index (χ2n) is 11.2. The number of ether oxygens (including phenoxy) is 3. The molecular weight excluding hydrogens is 436 g/mol. The summed E-state index contributed by atoms with van der Waals surface area (Å²) in [6.07, 6.45) is 6.29. The molecule has 0 radical (unpaired) electrons. The number of fused-ring (bicyclic) bond motifs is 4. The Morgan fingerprint density at radius 3 is 2.65 bits per heavy atom. The number of allylic oxidation sites excluding steroid dienone is 2. The van der Waals surface area contributed by atoms with E-state index in [0.29, 0.717) is 0 Å². The first kappa shape index (κ1) is 21.8. The minimum atomic E-state index is -0.987. The van der Waals surface area contributed by atoms with Crippen molar-refractivity contribution >= 4 is 17.7 Å². The van der Waals surface area contributed by atoms with E-state index in [1.54, 1.807) is 18.6 Å². The van der Waals surface area contributed by atoms with Crippen LogP contribution in [0, 0.1) is 28.1 Å². The summed E-state index contributed by atoms with van der Waals surface area (Å²) in [5.41, 5.74) is 0.794. The van der Waals surface area contributed by atoms with Crippen LogP contribution in [0.15, 0.2) is 46.3 Å². The van der Waals surface area contributed by atoms with Crippen molar-refractivity contribution in [2.45, 2.75) is 64.8 Å². The molecule has 1 aromatic rings. The normalized spacial score (nSPS) is 46.3. The second kappa shape index (κ2) is 6.72. The monoisotopic (exact) mass is 466 g/mol. The lowest BCUT2D eigenvalue weighted by Crippen LogP contribution is -2.66. The summed E-state index contributed by atoms with van der Waals surface area (Å²) in [6.45, 7) is 7.96. The van der Waals surface area contributed by atoms with E-state index in [4.69, 9.17) is 18.6 Å². The maximum Gasteiger partial charge on any atom is 0.316 e. The molecule has 0 aromatic carbocycles. The third-order valence-corrected chi connectivity index (χ3v) is 9.91. The first-order valence-corrected chi connectivity index (χ1v) is 12.0. The number of rotatable bonds is 3. The van der Waals surface area contributed by atoms with Gasteiger partial charge >= 0.3 is 11.9 Å². The molecule has 0 N–H and O–H groups in total. The molecule has 3 heterocycles. The number of ketones is 1. The van der Waals surface area contributed by atoms with Crippen LogP contribution in [0.1, 0.15) is 52.0 Å². The van der Waals surface area contributed by atoms with Gasteiger partial charge in [-0.05, 0) is 49.5 Å². The first-order chi connectivity index (χ1) is 16.1. The van der Waals surface area contributed by atoms with Crippen LogP contribution in [0.3, 0.4) is 0 Å². The van der Waals surface area contributed by atoms with Gasteiger partial charge < -0.3 is 18.6 Å². The van der Waals surface area contributed by atoms with E-state index in [1.165, 1.54) is 18.8 Å². The molecule has 2 aliphatic heterocycles. The Hall–Kier alpha value is -2.67. The fraction of sp³-hybridized carbons (Fsp3) is 0.593. The zero-order valence-electron chi connectivity index (χ0n) is 20.1. The smallest absolute Gasteiger partial charge is 0.316 e. The summed E-state index contributed by atoms with van der Waals surface area (Å²) >= 11 is 0. The van der Waals surface area contributed by atoms with E-state index in [1.807, 2.05) is 19.9 Å². The van der Waals surface area contributed by atoms with Crippen molar-refractivity contribution in [2.75, 3.05) is 7.11 Å². The van der Waals surface area contributed by atoms with Crippen molar-refractivity contribution in [3.63, 3.8) is 0 Å². The van der Waals surface area contributed by atoms with Gasteiger partial charge in [-0.1, -0.05) is 25.5 Å². The predicted octanol–water partition coefficient (Wildman–Crippen LogP) is 3.74. The quantitative estimate of drug-likeness (QED) is 0.495. The SMILES string of the molecule is COC(=O)C[C@H]1[C@]2(C)C3=C(C)[C@H](c4ccoc4)C[C@@H]3O[C@@H]2[C@@H]2OC(=O)[C@]3(C)C=CC(=O)[C@@]1(C)[C@H]23. The van der Waals surface area contributed by atoms with Crippen molar-refractivity contribution in [2.24, 2.45) is 28.1 Å². The van der Waals surface area contributed by atoms with Crippen LogP contribution < -0.4 is 0 Å². The molecule has 0 bridgehead atoms. The molecule has 3 fully saturated rings. The molecule has 34 heavy (non-hydrogen) atoms. The van der Waals surface area contributed by atoms with Gasteiger partial charge in [0.25, 0.3) is 0 Å². The van der Waals surface area contributed by atoms with Gasteiger partial charge in [0.15, 0.2) is 5.78 Å². The summed E-state index contributed by atoms with van der Waals surface area (Å²) < 4.78 is 23.2. The number of carbonyl (C=O) groups is 3. The minimum Gasteiger partial charge on any atom is -0.472 e. The largest absolute Gasteiger partial charge is 0.472 e. The van der Waals surface area contributed by atoms with Gasteiger partial charge in [-0.2, -0.15) is 0 Å². The van der Waals surface area contributed by atoms with Crippen molar-refractivity contribution < 1.29 is 33.0 Å². The fourth-order valence-electron chi connectivity index (χ4n) is 8.41. The van der Waals surface area contributed by atoms with Crippen molar-refractivity contribution in [1.82, 2.24) is 0 Å². The topological polar surface area (TPSA) is 92.0 Å². The van der Waals surface area contributed by atoms with E-state index in [0.717, 1.165) is 17.6 Å². The third kappa shape index (κ3) is 2.34. The predicted molar refractivity (Wildman–Crippen MR) is 119 cm³/mol. The van der Waals surface area contributed by atoms with Gasteiger partial charge in [0.05, 0.1) is 37.6 Å². The van der Waals surface area contributed by atoms with Crippen LogP contribution in [0.4, 0.5) is 0 Å². The van der Waals surface area contributed by atoms with Crippen molar-refractivity contribution in [1.29, 1.82) is 0 Å². The Bertz CT molecular complexity index is 1160. The van der Waals surface area contributed by atoms with Crippen LogP contribution in [0.2, 0.25) is 0 Å². The van der Waals surface area contributed by atoms with E-state index in [-0.39, 0.29) is 36.2 Å². The summed E-state index contributed by atoms with van der Waals surface area (Å²) in [5.74, 6) is -1.46. The lowest BCUT2D eigenvalue weighted by Gasteiger charge is -2.59. The molecule has 0 unspecified atom stereocenters. The van der Waals surface area contributed by atoms with Gasteiger partial charge in [0, 0.05) is 22.7 Å². The van der Waals surface area contributed by atoms with Gasteiger partial charge in [-0.25, -0.2) is 0 Å². The van der Waals surface area contributed by atoms with E-state index in [2.05, 4.69) is 13.8 Å². The van der Waals surface area contributed by atoms with E-state index >= 15 is 0 Å². The number of esters is 2. The van der Waals surface area contributed by atoms with Gasteiger partial charge in [0.2, 0.25) is 0 Å². The van der Waals surface area contributed by atoms with Crippen LogP contribution >= 0.6 is 0 Å². The third-order valence-electron chi connectivity index (χ3n) is 9.91. The molecule has 180 valence electrons. The highest BCUT2D eigenvalue weighted by atomic mass is 16.6. The van der Waals surface area contributed by atoms with Crippen LogP contribution in [-0.4, -0.2) is 43.1 Å². The number of furan rings is 1. The summed E-state index contributed by atoms with van der Waals surface area (Å²) in [6, 6.07) is 1.97. The Morgan fingerprint density at radius 1 is 1.21 bits per heavy atom. The Balaban J connectivity index is 1.58. The molecule has 7 heteroatoms. The average molecular weight is 467 g/mol. The lowest BCUT2D eigenvalue weighted by molar-refractivity contribution is -0.190. The van der Waals surface area contributed by atoms with Crippen molar-refractivity contribution in [3.05, 3.63) is 47.5 Å². The Labute approximate surface area is 198 Å². The zero-order valence-corrected chi connectivity index (χ0v) is 20.1. The summed E-state index contributed by atoms with van der Waals surface area (Å²) in [5, 5.41) is 0. The molecule has 5 aliphatic rings. The van der Waals surface area contributed by atoms with Gasteiger partial charge in [-0.3, -0.25) is 14.4 Å². The molecule has 3 aliphatic carbocycles. The Kier molecular flexibility index (Phi) is 4.31. The molecule has 1 aromatic heterocycles.